The molecule has 4 bridgehead atoms. The molecule has 7 heteroatoms. The van der Waals surface area contributed by atoms with Crippen molar-refractivity contribution in [2.24, 2.45) is 23.7 Å². The van der Waals surface area contributed by atoms with Crippen molar-refractivity contribution in [1.82, 2.24) is 9.97 Å². The summed E-state index contributed by atoms with van der Waals surface area (Å²) in [5.74, 6) is 4.01. The normalized spacial score (nSPS) is 30.8. The third-order valence-corrected chi connectivity index (χ3v) is 8.78. The van der Waals surface area contributed by atoms with E-state index in [0.29, 0.717) is 23.5 Å². The maximum atomic E-state index is 12.4. The molecule has 28 heavy (non-hydrogen) atoms. The summed E-state index contributed by atoms with van der Waals surface area (Å²) in [4.78, 5) is 22.6. The summed E-state index contributed by atoms with van der Waals surface area (Å²) in [7, 11) is 0. The molecule has 0 spiro atoms. The number of aromatic nitrogens is 2. The van der Waals surface area contributed by atoms with Crippen molar-refractivity contribution >= 4 is 38.8 Å². The van der Waals surface area contributed by atoms with E-state index in [9.17, 15) is 4.79 Å². The maximum absolute atomic E-state index is 12.4. The number of amides is 1. The van der Waals surface area contributed by atoms with Gasteiger partial charge in [0.25, 0.3) is 0 Å². The van der Waals surface area contributed by atoms with Crippen molar-refractivity contribution in [2.75, 3.05) is 10.6 Å². The SMILES string of the molecule is CC(C)c1cnc(NC(=O)Cc2csc(NC3C4CC5CC(C4)CC3C5)n2)s1. The number of anilines is 2. The lowest BCUT2D eigenvalue weighted by molar-refractivity contribution is -0.115. The van der Waals surface area contributed by atoms with E-state index >= 15 is 0 Å². The van der Waals surface area contributed by atoms with E-state index in [1.165, 1.54) is 37.0 Å². The van der Waals surface area contributed by atoms with Gasteiger partial charge < -0.3 is 10.6 Å². The molecule has 2 aromatic rings. The molecule has 2 heterocycles. The number of rotatable bonds is 6. The molecule has 5 nitrogen and oxygen atoms in total. The molecule has 2 aromatic heterocycles. The number of nitrogens with one attached hydrogen (secondary N) is 2. The second kappa shape index (κ2) is 7.41. The van der Waals surface area contributed by atoms with Crippen molar-refractivity contribution < 1.29 is 4.79 Å². The van der Waals surface area contributed by atoms with Crippen LogP contribution < -0.4 is 10.6 Å². The lowest BCUT2D eigenvalue weighted by atomic mass is 9.54. The standard InChI is InChI=1S/C21H28N4OS2/c1-11(2)17-9-22-20(28-17)24-18(26)8-16-10-27-21(23-16)25-19-14-4-12-3-13(6-14)7-15(19)5-12/h9-15,19H,3-8H2,1-2H3,(H,23,25)(H,22,24,26). The number of thiazole rings is 2. The number of hydrogen-bond donors (Lipinski definition) is 2. The van der Waals surface area contributed by atoms with Gasteiger partial charge in [0.15, 0.2) is 10.3 Å². The first kappa shape index (κ1) is 18.6. The fourth-order valence-electron chi connectivity index (χ4n) is 5.70. The van der Waals surface area contributed by atoms with Crippen LogP contribution in [0.1, 0.15) is 62.4 Å². The minimum atomic E-state index is -0.0453. The highest BCUT2D eigenvalue weighted by Crippen LogP contribution is 2.54. The van der Waals surface area contributed by atoms with Gasteiger partial charge in [-0.2, -0.15) is 0 Å². The second-order valence-electron chi connectivity index (χ2n) is 9.19. The van der Waals surface area contributed by atoms with Gasteiger partial charge in [0.2, 0.25) is 5.91 Å². The molecule has 1 amide bonds. The Kier molecular flexibility index (Phi) is 4.91. The van der Waals surface area contributed by atoms with Crippen LogP contribution in [0.5, 0.6) is 0 Å². The molecule has 0 atom stereocenters. The van der Waals surface area contributed by atoms with E-state index in [0.717, 1.165) is 34.5 Å². The summed E-state index contributed by atoms with van der Waals surface area (Å²) >= 11 is 3.18. The molecule has 4 fully saturated rings. The van der Waals surface area contributed by atoms with Crippen LogP contribution in [0, 0.1) is 23.7 Å². The molecule has 0 aromatic carbocycles. The number of hydrogen-bond acceptors (Lipinski definition) is 6. The average molecular weight is 417 g/mol. The van der Waals surface area contributed by atoms with Crippen LogP contribution in [0.4, 0.5) is 10.3 Å². The maximum Gasteiger partial charge on any atom is 0.232 e. The number of carbonyl (C=O) groups is 1. The van der Waals surface area contributed by atoms with Crippen molar-refractivity contribution in [2.45, 2.75) is 64.3 Å². The van der Waals surface area contributed by atoms with Gasteiger partial charge in [0.05, 0.1) is 12.1 Å². The van der Waals surface area contributed by atoms with Gasteiger partial charge in [-0.05, 0) is 61.7 Å². The van der Waals surface area contributed by atoms with Gasteiger partial charge in [-0.1, -0.05) is 13.8 Å². The molecule has 0 aliphatic heterocycles. The van der Waals surface area contributed by atoms with Crippen molar-refractivity contribution in [3.8, 4) is 0 Å². The largest absolute Gasteiger partial charge is 0.358 e. The Balaban J connectivity index is 1.18. The van der Waals surface area contributed by atoms with Crippen molar-refractivity contribution in [1.29, 1.82) is 0 Å². The predicted octanol–water partition coefficient (Wildman–Crippen LogP) is 5.14. The highest BCUT2D eigenvalue weighted by molar-refractivity contribution is 7.15. The van der Waals surface area contributed by atoms with Gasteiger partial charge >= 0.3 is 0 Å². The molecule has 4 saturated carbocycles. The summed E-state index contributed by atoms with van der Waals surface area (Å²) < 4.78 is 0. The lowest BCUT2D eigenvalue weighted by Gasteiger charge is -2.54. The van der Waals surface area contributed by atoms with Crippen molar-refractivity contribution in [3.05, 3.63) is 22.1 Å². The van der Waals surface area contributed by atoms with Gasteiger partial charge in [-0.15, -0.1) is 22.7 Å². The van der Waals surface area contributed by atoms with Crippen LogP contribution in [0.2, 0.25) is 0 Å². The fraction of sp³-hybridized carbons (Fsp3) is 0.667. The van der Waals surface area contributed by atoms with Crippen LogP contribution >= 0.6 is 22.7 Å². The van der Waals surface area contributed by atoms with Crippen LogP contribution in [0.3, 0.4) is 0 Å². The molecular weight excluding hydrogens is 388 g/mol. The topological polar surface area (TPSA) is 66.9 Å². The Hall–Kier alpha value is -1.47. The van der Waals surface area contributed by atoms with E-state index in [1.807, 2.05) is 11.6 Å². The Morgan fingerprint density at radius 1 is 1.14 bits per heavy atom. The zero-order chi connectivity index (χ0) is 19.3. The third kappa shape index (κ3) is 3.71. The Labute approximate surface area is 174 Å². The van der Waals surface area contributed by atoms with Crippen LogP contribution in [-0.4, -0.2) is 21.9 Å². The van der Waals surface area contributed by atoms with Crippen LogP contribution in [0.25, 0.3) is 0 Å². The van der Waals surface area contributed by atoms with Gasteiger partial charge in [0.1, 0.15) is 0 Å². The molecule has 0 radical (unpaired) electrons. The summed E-state index contributed by atoms with van der Waals surface area (Å²) in [5, 5.41) is 10.3. The minimum Gasteiger partial charge on any atom is -0.358 e. The average Bonchev–Trinajstić information content (AvgIpc) is 3.27. The Morgan fingerprint density at radius 2 is 1.86 bits per heavy atom. The van der Waals surface area contributed by atoms with E-state index < -0.39 is 0 Å². The summed E-state index contributed by atoms with van der Waals surface area (Å²) in [5.41, 5.74) is 0.842. The van der Waals surface area contributed by atoms with E-state index in [2.05, 4.69) is 29.5 Å². The van der Waals surface area contributed by atoms with E-state index in [1.54, 1.807) is 22.7 Å². The molecule has 4 aliphatic carbocycles. The molecule has 150 valence electrons. The lowest BCUT2D eigenvalue weighted by Crippen LogP contribution is -2.51. The molecule has 2 N–H and O–H groups in total. The van der Waals surface area contributed by atoms with E-state index in [-0.39, 0.29) is 5.91 Å². The first-order valence-electron chi connectivity index (χ1n) is 10.5. The molecule has 4 aliphatic rings. The van der Waals surface area contributed by atoms with Gasteiger partial charge in [0, 0.05) is 22.5 Å². The van der Waals surface area contributed by atoms with Crippen LogP contribution in [-0.2, 0) is 11.2 Å². The number of carbonyl (C=O) groups excluding carboxylic acids is 1. The summed E-state index contributed by atoms with van der Waals surface area (Å²) in [6, 6.07) is 0.588. The zero-order valence-electron chi connectivity index (χ0n) is 16.5. The van der Waals surface area contributed by atoms with Gasteiger partial charge in [-0.3, -0.25) is 4.79 Å². The third-order valence-electron chi connectivity index (χ3n) is 6.75. The summed E-state index contributed by atoms with van der Waals surface area (Å²) in [6.07, 6.45) is 9.23. The first-order chi connectivity index (χ1) is 13.5. The van der Waals surface area contributed by atoms with Gasteiger partial charge in [-0.25, -0.2) is 9.97 Å². The summed E-state index contributed by atoms with van der Waals surface area (Å²) in [6.45, 7) is 4.26. The first-order valence-corrected chi connectivity index (χ1v) is 12.2. The van der Waals surface area contributed by atoms with Crippen LogP contribution in [0.15, 0.2) is 11.6 Å². The zero-order valence-corrected chi connectivity index (χ0v) is 18.1. The second-order valence-corrected chi connectivity index (χ2v) is 11.1. The highest BCUT2D eigenvalue weighted by Gasteiger charge is 2.48. The van der Waals surface area contributed by atoms with E-state index in [4.69, 9.17) is 4.98 Å². The Morgan fingerprint density at radius 3 is 2.50 bits per heavy atom. The highest BCUT2D eigenvalue weighted by atomic mass is 32.1. The smallest absolute Gasteiger partial charge is 0.232 e. The molecular formula is C21H28N4OS2. The Bertz CT molecular complexity index is 830. The predicted molar refractivity (Wildman–Crippen MR) is 115 cm³/mol. The number of nitrogens with zero attached hydrogens (tertiary/aromatic N) is 2. The fourth-order valence-corrected chi connectivity index (χ4v) is 7.29. The molecule has 0 unspecified atom stereocenters. The van der Waals surface area contributed by atoms with Crippen molar-refractivity contribution in [3.63, 3.8) is 0 Å². The monoisotopic (exact) mass is 416 g/mol. The molecule has 0 saturated heterocycles. The minimum absolute atomic E-state index is 0.0453. The molecule has 6 rings (SSSR count). The quantitative estimate of drug-likeness (QED) is 0.684.